The quantitative estimate of drug-likeness (QED) is 0.858. The number of hydrogen-bond donors (Lipinski definition) is 1. The lowest BCUT2D eigenvalue weighted by Crippen LogP contribution is -2.35. The smallest absolute Gasteiger partial charge is 0.309 e. The van der Waals surface area contributed by atoms with Gasteiger partial charge >= 0.3 is 6.18 Å². The summed E-state index contributed by atoms with van der Waals surface area (Å²) in [5.41, 5.74) is -0.260. The topological polar surface area (TPSA) is 15.3 Å². The zero-order chi connectivity index (χ0) is 15.3. The second-order valence-electron chi connectivity index (χ2n) is 5.34. The molecule has 0 amide bonds. The highest BCUT2D eigenvalue weighted by atomic mass is 19.4. The lowest BCUT2D eigenvalue weighted by Gasteiger charge is -2.24. The van der Waals surface area contributed by atoms with E-state index in [0.717, 1.165) is 12.6 Å². The van der Waals surface area contributed by atoms with Crippen molar-refractivity contribution in [1.29, 1.82) is 0 Å². The van der Waals surface area contributed by atoms with Crippen LogP contribution in [-0.4, -0.2) is 31.1 Å². The van der Waals surface area contributed by atoms with Gasteiger partial charge in [-0.05, 0) is 39.4 Å². The Labute approximate surface area is 119 Å². The molecule has 0 spiro atoms. The standard InChI is InChI=1S/C15H23F3N2/c1-11(2)20(4)10-9-19-12(3)13-7-5-6-8-14(13)15(16,17)18/h5-8,11-12,19H,9-10H2,1-4H3. The fourth-order valence-electron chi connectivity index (χ4n) is 1.96. The van der Waals surface area contributed by atoms with Crippen molar-refractivity contribution in [2.75, 3.05) is 20.1 Å². The highest BCUT2D eigenvalue weighted by Crippen LogP contribution is 2.34. The lowest BCUT2D eigenvalue weighted by molar-refractivity contribution is -0.138. The number of alkyl halides is 3. The van der Waals surface area contributed by atoms with Crippen molar-refractivity contribution in [2.24, 2.45) is 0 Å². The first-order valence-electron chi connectivity index (χ1n) is 6.83. The molecule has 0 heterocycles. The van der Waals surface area contributed by atoms with Gasteiger partial charge in [0.25, 0.3) is 0 Å². The molecule has 5 heteroatoms. The number of likely N-dealkylation sites (N-methyl/N-ethyl adjacent to an activating group) is 1. The molecule has 0 aliphatic heterocycles. The SMILES string of the molecule is CC(NCCN(C)C(C)C)c1ccccc1C(F)(F)F. The number of halogens is 3. The Bertz CT molecular complexity index is 416. The second-order valence-corrected chi connectivity index (χ2v) is 5.34. The van der Waals surface area contributed by atoms with Crippen LogP contribution in [0.1, 0.15) is 37.9 Å². The Morgan fingerprint density at radius 2 is 1.75 bits per heavy atom. The molecular formula is C15H23F3N2. The first-order valence-corrected chi connectivity index (χ1v) is 6.83. The van der Waals surface area contributed by atoms with E-state index in [2.05, 4.69) is 24.1 Å². The van der Waals surface area contributed by atoms with E-state index in [1.54, 1.807) is 13.0 Å². The van der Waals surface area contributed by atoms with Gasteiger partial charge in [0.05, 0.1) is 5.56 Å². The zero-order valence-electron chi connectivity index (χ0n) is 12.5. The third kappa shape index (κ3) is 4.80. The molecule has 2 nitrogen and oxygen atoms in total. The summed E-state index contributed by atoms with van der Waals surface area (Å²) >= 11 is 0. The van der Waals surface area contributed by atoms with Crippen LogP contribution in [0.5, 0.6) is 0 Å². The molecule has 1 aromatic rings. The van der Waals surface area contributed by atoms with Crippen LogP contribution in [0.4, 0.5) is 13.2 Å². The van der Waals surface area contributed by atoms with Gasteiger partial charge in [0.2, 0.25) is 0 Å². The molecule has 0 aliphatic rings. The molecule has 0 saturated carbocycles. The fraction of sp³-hybridized carbons (Fsp3) is 0.600. The summed E-state index contributed by atoms with van der Waals surface area (Å²) in [4.78, 5) is 2.15. The van der Waals surface area contributed by atoms with E-state index < -0.39 is 11.7 Å². The maximum Gasteiger partial charge on any atom is 0.416 e. The third-order valence-corrected chi connectivity index (χ3v) is 3.53. The maximum absolute atomic E-state index is 12.9. The van der Waals surface area contributed by atoms with Gasteiger partial charge in [0, 0.05) is 25.2 Å². The Hall–Kier alpha value is -1.07. The van der Waals surface area contributed by atoms with Crippen molar-refractivity contribution in [3.05, 3.63) is 35.4 Å². The van der Waals surface area contributed by atoms with Crippen molar-refractivity contribution in [2.45, 2.75) is 39.0 Å². The van der Waals surface area contributed by atoms with E-state index in [1.807, 2.05) is 7.05 Å². The minimum atomic E-state index is -4.30. The average Bonchev–Trinajstić information content (AvgIpc) is 2.37. The van der Waals surface area contributed by atoms with E-state index in [-0.39, 0.29) is 6.04 Å². The van der Waals surface area contributed by atoms with Gasteiger partial charge in [-0.3, -0.25) is 0 Å². The first-order chi connectivity index (χ1) is 9.23. The van der Waals surface area contributed by atoms with Crippen LogP contribution in [0.2, 0.25) is 0 Å². The summed E-state index contributed by atoms with van der Waals surface area (Å²) in [6.07, 6.45) is -4.30. The van der Waals surface area contributed by atoms with Crippen molar-refractivity contribution in [1.82, 2.24) is 10.2 Å². The minimum Gasteiger partial charge on any atom is -0.309 e. The largest absolute Gasteiger partial charge is 0.416 e. The Balaban J connectivity index is 2.67. The number of nitrogens with one attached hydrogen (secondary N) is 1. The fourth-order valence-corrected chi connectivity index (χ4v) is 1.96. The molecule has 1 atom stereocenters. The van der Waals surface area contributed by atoms with E-state index in [0.29, 0.717) is 18.2 Å². The molecule has 1 rings (SSSR count). The minimum absolute atomic E-state index is 0.298. The number of hydrogen-bond acceptors (Lipinski definition) is 2. The normalized spacial score (nSPS) is 14.1. The van der Waals surface area contributed by atoms with Crippen LogP contribution in [0.3, 0.4) is 0 Å². The molecule has 0 fully saturated rings. The number of nitrogens with zero attached hydrogens (tertiary/aromatic N) is 1. The van der Waals surface area contributed by atoms with E-state index in [9.17, 15) is 13.2 Å². The van der Waals surface area contributed by atoms with Crippen molar-refractivity contribution in [3.63, 3.8) is 0 Å². The van der Waals surface area contributed by atoms with E-state index in [4.69, 9.17) is 0 Å². The number of benzene rings is 1. The maximum atomic E-state index is 12.9. The van der Waals surface area contributed by atoms with Crippen LogP contribution in [0, 0.1) is 0 Å². The van der Waals surface area contributed by atoms with Crippen molar-refractivity contribution < 1.29 is 13.2 Å². The van der Waals surface area contributed by atoms with Crippen LogP contribution >= 0.6 is 0 Å². The molecule has 1 N–H and O–H groups in total. The summed E-state index contributed by atoms with van der Waals surface area (Å²) in [5.74, 6) is 0. The summed E-state index contributed by atoms with van der Waals surface area (Å²) in [5, 5.41) is 3.16. The highest BCUT2D eigenvalue weighted by molar-refractivity contribution is 5.32. The monoisotopic (exact) mass is 288 g/mol. The summed E-state index contributed by atoms with van der Waals surface area (Å²) in [6.45, 7) is 7.39. The molecule has 0 aliphatic carbocycles. The average molecular weight is 288 g/mol. The molecule has 1 unspecified atom stereocenters. The molecule has 0 radical (unpaired) electrons. The molecule has 1 aromatic carbocycles. The molecule has 20 heavy (non-hydrogen) atoms. The van der Waals surface area contributed by atoms with Crippen molar-refractivity contribution in [3.8, 4) is 0 Å². The third-order valence-electron chi connectivity index (χ3n) is 3.53. The van der Waals surface area contributed by atoms with Crippen LogP contribution in [0.25, 0.3) is 0 Å². The predicted octanol–water partition coefficient (Wildman–Crippen LogP) is 3.70. The van der Waals surface area contributed by atoms with Gasteiger partial charge in [-0.1, -0.05) is 18.2 Å². The van der Waals surface area contributed by atoms with E-state index >= 15 is 0 Å². The Morgan fingerprint density at radius 1 is 1.15 bits per heavy atom. The van der Waals surface area contributed by atoms with Gasteiger partial charge in [-0.25, -0.2) is 0 Å². The van der Waals surface area contributed by atoms with Gasteiger partial charge in [-0.15, -0.1) is 0 Å². The van der Waals surface area contributed by atoms with Gasteiger partial charge in [0.1, 0.15) is 0 Å². The summed E-state index contributed by atoms with van der Waals surface area (Å²) in [6, 6.07) is 5.83. The zero-order valence-corrected chi connectivity index (χ0v) is 12.5. The Kier molecular flexibility index (Phi) is 6.02. The summed E-state index contributed by atoms with van der Waals surface area (Å²) in [7, 11) is 2.00. The van der Waals surface area contributed by atoms with Crippen LogP contribution < -0.4 is 5.32 Å². The molecular weight excluding hydrogens is 265 g/mol. The van der Waals surface area contributed by atoms with E-state index in [1.165, 1.54) is 12.1 Å². The second kappa shape index (κ2) is 7.09. The molecule has 0 bridgehead atoms. The lowest BCUT2D eigenvalue weighted by atomic mass is 10.0. The van der Waals surface area contributed by atoms with Gasteiger partial charge < -0.3 is 10.2 Å². The molecule has 0 saturated heterocycles. The number of rotatable bonds is 6. The van der Waals surface area contributed by atoms with Crippen LogP contribution in [-0.2, 0) is 6.18 Å². The van der Waals surface area contributed by atoms with Crippen LogP contribution in [0.15, 0.2) is 24.3 Å². The molecule has 114 valence electrons. The highest BCUT2D eigenvalue weighted by Gasteiger charge is 2.33. The van der Waals surface area contributed by atoms with Gasteiger partial charge in [-0.2, -0.15) is 13.2 Å². The first kappa shape index (κ1) is 17.0. The molecule has 0 aromatic heterocycles. The van der Waals surface area contributed by atoms with Gasteiger partial charge in [0.15, 0.2) is 0 Å². The van der Waals surface area contributed by atoms with Crippen molar-refractivity contribution >= 4 is 0 Å². The Morgan fingerprint density at radius 3 is 2.30 bits per heavy atom. The predicted molar refractivity (Wildman–Crippen MR) is 75.6 cm³/mol. The summed E-state index contributed by atoms with van der Waals surface area (Å²) < 4.78 is 38.8.